The van der Waals surface area contributed by atoms with Gasteiger partial charge in [0.15, 0.2) is 0 Å². The highest BCUT2D eigenvalue weighted by molar-refractivity contribution is 7.92. The van der Waals surface area contributed by atoms with Gasteiger partial charge in [-0.25, -0.2) is 12.8 Å². The molecule has 146 valence electrons. The van der Waals surface area contributed by atoms with Gasteiger partial charge in [0.25, 0.3) is 0 Å². The molecule has 0 heterocycles. The fourth-order valence-corrected chi connectivity index (χ4v) is 3.78. The summed E-state index contributed by atoms with van der Waals surface area (Å²) in [6, 6.07) is 9.15. The molecule has 0 fully saturated rings. The largest absolute Gasteiger partial charge is 0.348 e. The number of halogens is 2. The van der Waals surface area contributed by atoms with Crippen LogP contribution < -0.4 is 9.62 Å². The summed E-state index contributed by atoms with van der Waals surface area (Å²) in [5.74, 6) is -1.14. The number of amides is 1. The molecule has 1 N–H and O–H groups in total. The first kappa shape index (κ1) is 21.2. The molecule has 0 spiro atoms. The van der Waals surface area contributed by atoms with Crippen LogP contribution in [0.4, 0.5) is 10.1 Å². The molecule has 1 atom stereocenters. The number of anilines is 1. The van der Waals surface area contributed by atoms with Crippen LogP contribution in [0.5, 0.6) is 0 Å². The van der Waals surface area contributed by atoms with Gasteiger partial charge in [0.1, 0.15) is 12.4 Å². The molecule has 2 aromatic rings. The maximum absolute atomic E-state index is 13.4. The van der Waals surface area contributed by atoms with Crippen LogP contribution in [-0.4, -0.2) is 27.1 Å². The summed E-state index contributed by atoms with van der Waals surface area (Å²) in [6.07, 6.45) is 0.978. The third kappa shape index (κ3) is 5.43. The van der Waals surface area contributed by atoms with Crippen LogP contribution in [0.1, 0.15) is 29.7 Å². The fourth-order valence-electron chi connectivity index (χ4n) is 2.76. The minimum absolute atomic E-state index is 0.124. The zero-order valence-electron chi connectivity index (χ0n) is 15.6. The van der Waals surface area contributed by atoms with E-state index in [9.17, 15) is 17.6 Å². The van der Waals surface area contributed by atoms with Crippen LogP contribution in [0, 0.1) is 19.7 Å². The van der Waals surface area contributed by atoms with Crippen molar-refractivity contribution in [1.29, 1.82) is 0 Å². The Balaban J connectivity index is 2.21. The molecule has 0 aromatic heterocycles. The number of hydrogen-bond donors (Lipinski definition) is 1. The molecular formula is C19H22ClFN2O3S. The van der Waals surface area contributed by atoms with E-state index < -0.39 is 28.3 Å². The minimum atomic E-state index is -3.77. The van der Waals surface area contributed by atoms with Crippen molar-refractivity contribution in [3.63, 3.8) is 0 Å². The molecule has 0 aliphatic rings. The first-order valence-electron chi connectivity index (χ1n) is 8.28. The molecule has 0 radical (unpaired) electrons. The van der Waals surface area contributed by atoms with Gasteiger partial charge in [0.2, 0.25) is 15.9 Å². The Morgan fingerprint density at radius 3 is 2.48 bits per heavy atom. The normalized spacial score (nSPS) is 12.5. The van der Waals surface area contributed by atoms with Crippen LogP contribution in [0.25, 0.3) is 0 Å². The monoisotopic (exact) mass is 412 g/mol. The Morgan fingerprint density at radius 2 is 1.89 bits per heavy atom. The molecule has 0 bridgehead atoms. The van der Waals surface area contributed by atoms with E-state index in [1.165, 1.54) is 12.1 Å². The average Bonchev–Trinajstić information content (AvgIpc) is 2.56. The van der Waals surface area contributed by atoms with Crippen molar-refractivity contribution < 1.29 is 17.6 Å². The molecule has 1 amide bonds. The van der Waals surface area contributed by atoms with Gasteiger partial charge in [-0.3, -0.25) is 9.10 Å². The van der Waals surface area contributed by atoms with E-state index in [0.717, 1.165) is 33.3 Å². The summed E-state index contributed by atoms with van der Waals surface area (Å²) in [5, 5.41) is 2.59. The van der Waals surface area contributed by atoms with E-state index in [4.69, 9.17) is 11.6 Å². The lowest BCUT2D eigenvalue weighted by molar-refractivity contribution is -0.120. The van der Waals surface area contributed by atoms with E-state index in [1.807, 2.05) is 39.0 Å². The second kappa shape index (κ2) is 8.27. The van der Waals surface area contributed by atoms with Crippen LogP contribution in [0.15, 0.2) is 36.4 Å². The van der Waals surface area contributed by atoms with Gasteiger partial charge in [0.05, 0.1) is 23.0 Å². The molecule has 8 heteroatoms. The smallest absolute Gasteiger partial charge is 0.241 e. The molecule has 2 rings (SSSR count). The second-order valence-corrected chi connectivity index (χ2v) is 8.83. The van der Waals surface area contributed by atoms with Crippen LogP contribution in [-0.2, 0) is 14.8 Å². The predicted octanol–water partition coefficient (Wildman–Crippen LogP) is 3.74. The lowest BCUT2D eigenvalue weighted by Gasteiger charge is -2.24. The predicted molar refractivity (Wildman–Crippen MR) is 106 cm³/mol. The number of hydrogen-bond acceptors (Lipinski definition) is 3. The molecule has 0 aliphatic heterocycles. The average molecular weight is 413 g/mol. The fraction of sp³-hybridized carbons (Fsp3) is 0.316. The number of nitrogens with zero attached hydrogens (tertiary/aromatic N) is 1. The summed E-state index contributed by atoms with van der Waals surface area (Å²) in [7, 11) is -3.77. The zero-order valence-corrected chi connectivity index (χ0v) is 17.2. The minimum Gasteiger partial charge on any atom is -0.348 e. The molecule has 0 aliphatic carbocycles. The first-order chi connectivity index (χ1) is 12.5. The number of carbonyl (C=O) groups excluding carboxylic acids is 1. The standard InChI is InChI=1S/C19H22ClFN2O3S/c1-12-5-6-13(2)16(9-12)14(3)22-19(24)11-23(27(4,25)26)15-7-8-18(21)17(20)10-15/h5-10,14H,11H2,1-4H3,(H,22,24)/t14-/m1/s1. The summed E-state index contributed by atoms with van der Waals surface area (Å²) < 4.78 is 38.5. The van der Waals surface area contributed by atoms with Gasteiger partial charge < -0.3 is 5.32 Å². The summed E-state index contributed by atoms with van der Waals surface area (Å²) in [6.45, 7) is 5.30. The van der Waals surface area contributed by atoms with Gasteiger partial charge in [-0.2, -0.15) is 0 Å². The van der Waals surface area contributed by atoms with Gasteiger partial charge in [-0.1, -0.05) is 35.4 Å². The lowest BCUT2D eigenvalue weighted by atomic mass is 10.00. The highest BCUT2D eigenvalue weighted by atomic mass is 35.5. The highest BCUT2D eigenvalue weighted by Gasteiger charge is 2.23. The van der Waals surface area contributed by atoms with Gasteiger partial charge >= 0.3 is 0 Å². The molecule has 27 heavy (non-hydrogen) atoms. The molecule has 2 aromatic carbocycles. The van der Waals surface area contributed by atoms with E-state index in [0.29, 0.717) is 0 Å². The second-order valence-electron chi connectivity index (χ2n) is 6.52. The third-order valence-electron chi connectivity index (χ3n) is 4.16. The number of rotatable bonds is 6. The number of carbonyl (C=O) groups is 1. The molecule has 0 unspecified atom stereocenters. The Bertz CT molecular complexity index is 963. The van der Waals surface area contributed by atoms with Crippen molar-refractivity contribution >= 4 is 33.2 Å². The van der Waals surface area contributed by atoms with Crippen LogP contribution >= 0.6 is 11.6 Å². The van der Waals surface area contributed by atoms with Crippen molar-refractivity contribution in [3.05, 3.63) is 63.9 Å². The van der Waals surface area contributed by atoms with Crippen LogP contribution in [0.2, 0.25) is 5.02 Å². The maximum atomic E-state index is 13.4. The topological polar surface area (TPSA) is 66.5 Å². The molecule has 5 nitrogen and oxygen atoms in total. The van der Waals surface area contributed by atoms with Gasteiger partial charge in [-0.05, 0) is 50.1 Å². The molecule has 0 saturated carbocycles. The third-order valence-corrected chi connectivity index (χ3v) is 5.59. The Morgan fingerprint density at radius 1 is 1.22 bits per heavy atom. The number of nitrogens with one attached hydrogen (secondary N) is 1. The lowest BCUT2D eigenvalue weighted by Crippen LogP contribution is -2.41. The van der Waals surface area contributed by atoms with E-state index in [-0.39, 0.29) is 16.8 Å². The SMILES string of the molecule is Cc1ccc(C)c([C@@H](C)NC(=O)CN(c2ccc(F)c(Cl)c2)S(C)(=O)=O)c1. The van der Waals surface area contributed by atoms with E-state index >= 15 is 0 Å². The Kier molecular flexibility index (Phi) is 6.49. The highest BCUT2D eigenvalue weighted by Crippen LogP contribution is 2.24. The van der Waals surface area contributed by atoms with E-state index in [2.05, 4.69) is 5.32 Å². The van der Waals surface area contributed by atoms with Crippen molar-refractivity contribution in [3.8, 4) is 0 Å². The number of benzene rings is 2. The Labute approximate surface area is 164 Å². The van der Waals surface area contributed by atoms with E-state index in [1.54, 1.807) is 0 Å². The summed E-state index contributed by atoms with van der Waals surface area (Å²) >= 11 is 5.74. The Hall–Kier alpha value is -2.12. The first-order valence-corrected chi connectivity index (χ1v) is 10.5. The number of sulfonamides is 1. The van der Waals surface area contributed by atoms with Crippen molar-refractivity contribution in [2.75, 3.05) is 17.1 Å². The summed E-state index contributed by atoms with van der Waals surface area (Å²) in [4.78, 5) is 12.5. The van der Waals surface area contributed by atoms with Crippen molar-refractivity contribution in [1.82, 2.24) is 5.32 Å². The maximum Gasteiger partial charge on any atom is 0.241 e. The molecular weight excluding hydrogens is 391 g/mol. The van der Waals surface area contributed by atoms with Crippen molar-refractivity contribution in [2.45, 2.75) is 26.8 Å². The quantitative estimate of drug-likeness (QED) is 0.785. The van der Waals surface area contributed by atoms with Gasteiger partial charge in [-0.15, -0.1) is 0 Å². The van der Waals surface area contributed by atoms with Crippen molar-refractivity contribution in [2.24, 2.45) is 0 Å². The molecule has 0 saturated heterocycles. The summed E-state index contributed by atoms with van der Waals surface area (Å²) in [5.41, 5.74) is 3.17. The number of aryl methyl sites for hydroxylation is 2. The zero-order chi connectivity index (χ0) is 20.4. The van der Waals surface area contributed by atoms with Gasteiger partial charge in [0, 0.05) is 0 Å². The van der Waals surface area contributed by atoms with Crippen LogP contribution in [0.3, 0.4) is 0 Å².